The van der Waals surface area contributed by atoms with Gasteiger partial charge in [0.2, 0.25) is 0 Å². The van der Waals surface area contributed by atoms with Gasteiger partial charge in [-0.3, -0.25) is 9.59 Å². The van der Waals surface area contributed by atoms with Crippen LogP contribution >= 0.6 is 11.6 Å². The zero-order valence-corrected chi connectivity index (χ0v) is 19.4. The van der Waals surface area contributed by atoms with E-state index < -0.39 is 18.5 Å². The van der Waals surface area contributed by atoms with Crippen molar-refractivity contribution in [2.45, 2.75) is 38.1 Å². The lowest BCUT2D eigenvalue weighted by Crippen LogP contribution is -2.38. The number of esters is 1. The van der Waals surface area contributed by atoms with Crippen LogP contribution in [0, 0.1) is 0 Å². The number of rotatable bonds is 8. The smallest absolute Gasteiger partial charge is 0.340 e. The molecule has 1 aliphatic rings. The van der Waals surface area contributed by atoms with Gasteiger partial charge in [-0.2, -0.15) is 0 Å². The highest BCUT2D eigenvalue weighted by Crippen LogP contribution is 2.34. The molecular weight excluding hydrogens is 448 g/mol. The van der Waals surface area contributed by atoms with E-state index in [0.717, 1.165) is 25.7 Å². The van der Waals surface area contributed by atoms with E-state index in [-0.39, 0.29) is 39.5 Å². The molecule has 0 bridgehead atoms. The number of ether oxygens (including phenoxy) is 3. The molecule has 8 nitrogen and oxygen atoms in total. The summed E-state index contributed by atoms with van der Waals surface area (Å²) in [7, 11) is 2.86. The SMILES string of the molecule is COc1cc(NC(=O)c2ccccc2Cl)c(C(=O)OCC(=O)NC2CCCCC2)cc1OC. The summed E-state index contributed by atoms with van der Waals surface area (Å²) in [6.45, 7) is -0.429. The minimum Gasteiger partial charge on any atom is -0.493 e. The topological polar surface area (TPSA) is 103 Å². The number of hydrogen-bond acceptors (Lipinski definition) is 6. The standard InChI is InChI=1S/C24H27ClN2O6/c1-31-20-12-17(24(30)33-14-22(28)26-15-8-4-3-5-9-15)19(13-21(20)32-2)27-23(29)16-10-6-7-11-18(16)25/h6-7,10-13,15H,3-5,8-9,14H2,1-2H3,(H,26,28)(H,27,29). The molecule has 1 aliphatic carbocycles. The summed E-state index contributed by atoms with van der Waals surface area (Å²) >= 11 is 6.12. The van der Waals surface area contributed by atoms with Crippen LogP contribution in [-0.4, -0.2) is 44.7 Å². The molecule has 0 radical (unpaired) electrons. The van der Waals surface area contributed by atoms with Gasteiger partial charge in [0.25, 0.3) is 11.8 Å². The normalized spacial score (nSPS) is 13.7. The molecule has 0 aromatic heterocycles. The number of halogens is 1. The first-order chi connectivity index (χ1) is 15.9. The van der Waals surface area contributed by atoms with Gasteiger partial charge in [0, 0.05) is 18.2 Å². The van der Waals surface area contributed by atoms with Crippen molar-refractivity contribution in [2.75, 3.05) is 26.1 Å². The quantitative estimate of drug-likeness (QED) is 0.555. The largest absolute Gasteiger partial charge is 0.493 e. The van der Waals surface area contributed by atoms with E-state index in [4.69, 9.17) is 25.8 Å². The van der Waals surface area contributed by atoms with Crippen molar-refractivity contribution >= 4 is 35.1 Å². The fraction of sp³-hybridized carbons (Fsp3) is 0.375. The minimum atomic E-state index is -0.788. The van der Waals surface area contributed by atoms with E-state index in [1.165, 1.54) is 32.8 Å². The summed E-state index contributed by atoms with van der Waals surface area (Å²) in [4.78, 5) is 37.8. The molecule has 2 aromatic carbocycles. The van der Waals surface area contributed by atoms with Gasteiger partial charge in [-0.25, -0.2) is 4.79 Å². The number of benzene rings is 2. The molecule has 0 unspecified atom stereocenters. The van der Waals surface area contributed by atoms with Gasteiger partial charge >= 0.3 is 5.97 Å². The van der Waals surface area contributed by atoms with Crippen molar-refractivity contribution in [3.8, 4) is 11.5 Å². The molecule has 1 saturated carbocycles. The highest BCUT2D eigenvalue weighted by atomic mass is 35.5. The molecule has 3 rings (SSSR count). The first-order valence-corrected chi connectivity index (χ1v) is 11.1. The molecule has 2 aromatic rings. The third kappa shape index (κ3) is 6.38. The van der Waals surface area contributed by atoms with E-state index in [1.54, 1.807) is 24.3 Å². The molecule has 0 aliphatic heterocycles. The second-order valence-electron chi connectivity index (χ2n) is 7.67. The summed E-state index contributed by atoms with van der Waals surface area (Å²) < 4.78 is 15.8. The average molecular weight is 475 g/mol. The van der Waals surface area contributed by atoms with Crippen LogP contribution < -0.4 is 20.1 Å². The Bertz CT molecular complexity index is 1020. The second kappa shape index (κ2) is 11.6. The monoisotopic (exact) mass is 474 g/mol. The zero-order valence-electron chi connectivity index (χ0n) is 18.6. The van der Waals surface area contributed by atoms with Gasteiger partial charge in [-0.1, -0.05) is 43.0 Å². The number of carbonyl (C=O) groups excluding carboxylic acids is 3. The molecule has 2 amide bonds. The lowest BCUT2D eigenvalue weighted by molar-refractivity contribution is -0.125. The Morgan fingerprint density at radius 3 is 2.30 bits per heavy atom. The summed E-state index contributed by atoms with van der Waals surface area (Å²) in [5, 5.41) is 5.83. The lowest BCUT2D eigenvalue weighted by atomic mass is 9.95. The van der Waals surface area contributed by atoms with Crippen LogP contribution in [0.15, 0.2) is 36.4 Å². The Morgan fingerprint density at radius 1 is 0.970 bits per heavy atom. The second-order valence-corrected chi connectivity index (χ2v) is 8.07. The number of hydrogen-bond donors (Lipinski definition) is 2. The summed E-state index contributed by atoms with van der Waals surface area (Å²) in [6, 6.07) is 9.48. The van der Waals surface area contributed by atoms with Gasteiger partial charge in [0.15, 0.2) is 18.1 Å². The van der Waals surface area contributed by atoms with E-state index in [0.29, 0.717) is 5.75 Å². The number of carbonyl (C=O) groups is 3. The van der Waals surface area contributed by atoms with Crippen molar-refractivity contribution in [2.24, 2.45) is 0 Å². The van der Waals surface area contributed by atoms with Crippen LogP contribution in [0.1, 0.15) is 52.8 Å². The molecule has 0 saturated heterocycles. The van der Waals surface area contributed by atoms with Gasteiger partial charge in [0.1, 0.15) is 0 Å². The molecule has 2 N–H and O–H groups in total. The molecule has 33 heavy (non-hydrogen) atoms. The van der Waals surface area contributed by atoms with Crippen molar-refractivity contribution in [1.29, 1.82) is 0 Å². The Morgan fingerprint density at radius 2 is 1.64 bits per heavy atom. The molecule has 0 spiro atoms. The number of methoxy groups -OCH3 is 2. The van der Waals surface area contributed by atoms with Gasteiger partial charge in [0.05, 0.1) is 36.1 Å². The van der Waals surface area contributed by atoms with Gasteiger partial charge in [-0.05, 0) is 25.0 Å². The summed E-state index contributed by atoms with van der Waals surface area (Å²) in [5.74, 6) is -1.09. The van der Waals surface area contributed by atoms with E-state index in [2.05, 4.69) is 10.6 Å². The zero-order chi connectivity index (χ0) is 23.8. The maximum Gasteiger partial charge on any atom is 0.340 e. The Hall–Kier alpha value is -3.26. The Kier molecular flexibility index (Phi) is 8.54. The average Bonchev–Trinajstić information content (AvgIpc) is 2.83. The Balaban J connectivity index is 1.77. The van der Waals surface area contributed by atoms with Crippen LogP contribution in [0.5, 0.6) is 11.5 Å². The van der Waals surface area contributed by atoms with Gasteiger partial charge in [-0.15, -0.1) is 0 Å². The molecular formula is C24H27ClN2O6. The molecule has 176 valence electrons. The van der Waals surface area contributed by atoms with Crippen molar-refractivity contribution in [1.82, 2.24) is 5.32 Å². The van der Waals surface area contributed by atoms with Crippen molar-refractivity contribution in [3.63, 3.8) is 0 Å². The molecule has 0 atom stereocenters. The third-order valence-electron chi connectivity index (χ3n) is 5.41. The van der Waals surface area contributed by atoms with Crippen molar-refractivity contribution < 1.29 is 28.6 Å². The number of nitrogens with one attached hydrogen (secondary N) is 2. The fourth-order valence-corrected chi connectivity index (χ4v) is 3.93. The van der Waals surface area contributed by atoms with Crippen LogP contribution in [-0.2, 0) is 9.53 Å². The molecule has 0 heterocycles. The number of anilines is 1. The maximum absolute atomic E-state index is 12.8. The lowest BCUT2D eigenvalue weighted by Gasteiger charge is -2.22. The van der Waals surface area contributed by atoms with Crippen molar-refractivity contribution in [3.05, 3.63) is 52.5 Å². The summed E-state index contributed by atoms with van der Waals surface area (Å²) in [6.07, 6.45) is 5.17. The van der Waals surface area contributed by atoms with Crippen LogP contribution in [0.2, 0.25) is 5.02 Å². The van der Waals surface area contributed by atoms with Gasteiger partial charge < -0.3 is 24.8 Å². The highest BCUT2D eigenvalue weighted by molar-refractivity contribution is 6.34. The first-order valence-electron chi connectivity index (χ1n) is 10.7. The van der Waals surface area contributed by atoms with E-state index in [9.17, 15) is 14.4 Å². The minimum absolute atomic E-state index is 0.0125. The predicted molar refractivity (Wildman–Crippen MR) is 124 cm³/mol. The molecule has 1 fully saturated rings. The Labute approximate surface area is 197 Å². The first kappa shape index (κ1) is 24.4. The molecule has 9 heteroatoms. The predicted octanol–water partition coefficient (Wildman–Crippen LogP) is 4.22. The van der Waals surface area contributed by atoms with Crippen LogP contribution in [0.25, 0.3) is 0 Å². The van der Waals surface area contributed by atoms with Crippen LogP contribution in [0.3, 0.4) is 0 Å². The number of amides is 2. The highest BCUT2D eigenvalue weighted by Gasteiger charge is 2.22. The van der Waals surface area contributed by atoms with Crippen LogP contribution in [0.4, 0.5) is 5.69 Å². The summed E-state index contributed by atoms with van der Waals surface area (Å²) in [5.41, 5.74) is 0.383. The fourth-order valence-electron chi connectivity index (χ4n) is 3.71. The van der Waals surface area contributed by atoms with E-state index >= 15 is 0 Å². The maximum atomic E-state index is 12.8. The third-order valence-corrected chi connectivity index (χ3v) is 5.74. The van der Waals surface area contributed by atoms with E-state index in [1.807, 2.05) is 0 Å².